The van der Waals surface area contributed by atoms with E-state index in [2.05, 4.69) is 41.2 Å². The van der Waals surface area contributed by atoms with E-state index in [1.54, 1.807) is 14.2 Å². The van der Waals surface area contributed by atoms with Gasteiger partial charge >= 0.3 is 0 Å². The molecule has 0 bridgehead atoms. The van der Waals surface area contributed by atoms with Gasteiger partial charge in [0.2, 0.25) is 0 Å². The summed E-state index contributed by atoms with van der Waals surface area (Å²) >= 11 is 2.04. The maximum atomic E-state index is 5.61. The predicted molar refractivity (Wildman–Crippen MR) is 104 cm³/mol. The van der Waals surface area contributed by atoms with Gasteiger partial charge in [0.1, 0.15) is 0 Å². The fourth-order valence-corrected chi connectivity index (χ4v) is 4.25. The fourth-order valence-electron chi connectivity index (χ4n) is 3.34. The van der Waals surface area contributed by atoms with Gasteiger partial charge in [-0.1, -0.05) is 12.1 Å². The van der Waals surface area contributed by atoms with Crippen LogP contribution >= 0.6 is 11.8 Å². The van der Waals surface area contributed by atoms with Gasteiger partial charge in [-0.25, -0.2) is 0 Å². The topological polar surface area (TPSA) is 37.0 Å². The summed E-state index contributed by atoms with van der Waals surface area (Å²) in [6, 6.07) is 6.07. The fraction of sp³-hybridized carbons (Fsp3) is 0.579. The number of ether oxygens (including phenoxy) is 2. The third kappa shape index (κ3) is 4.01. The second-order valence-electron chi connectivity index (χ2n) is 6.91. The lowest BCUT2D eigenvalue weighted by molar-refractivity contribution is 0.112. The van der Waals surface area contributed by atoms with Gasteiger partial charge in [0.05, 0.1) is 19.9 Å². The average molecular weight is 364 g/mol. The highest BCUT2D eigenvalue weighted by molar-refractivity contribution is 7.99. The van der Waals surface area contributed by atoms with E-state index in [1.807, 2.05) is 23.9 Å². The molecule has 2 heterocycles. The van der Waals surface area contributed by atoms with Gasteiger partial charge in [-0.3, -0.25) is 5.32 Å². The third-order valence-electron chi connectivity index (χ3n) is 4.97. The lowest BCUT2D eigenvalue weighted by atomic mass is 10.1. The summed E-state index contributed by atoms with van der Waals surface area (Å²) in [6.45, 7) is 8.40. The van der Waals surface area contributed by atoms with Crippen molar-refractivity contribution in [3.63, 3.8) is 0 Å². The van der Waals surface area contributed by atoms with Gasteiger partial charge in [0.15, 0.2) is 11.5 Å². The summed E-state index contributed by atoms with van der Waals surface area (Å²) in [5.41, 5.74) is 2.40. The van der Waals surface area contributed by atoms with E-state index >= 15 is 0 Å². The first kappa shape index (κ1) is 18.3. The van der Waals surface area contributed by atoms with Crippen LogP contribution in [0, 0.1) is 0 Å². The summed E-state index contributed by atoms with van der Waals surface area (Å²) in [7, 11) is 3.38. The number of rotatable bonds is 5. The Labute approximate surface area is 155 Å². The first-order chi connectivity index (χ1) is 12.0. The van der Waals surface area contributed by atoms with Gasteiger partial charge in [-0.2, -0.15) is 11.8 Å². The quantitative estimate of drug-likeness (QED) is 0.867. The van der Waals surface area contributed by atoms with Crippen LogP contribution in [-0.2, 0) is 6.54 Å². The van der Waals surface area contributed by atoms with E-state index in [9.17, 15) is 0 Å². The number of hydrogen-bond acceptors (Lipinski definition) is 6. The Morgan fingerprint density at radius 1 is 1.16 bits per heavy atom. The molecule has 0 atom stereocenters. The molecule has 1 aromatic rings. The summed E-state index contributed by atoms with van der Waals surface area (Å²) in [5.74, 6) is 4.02. The van der Waals surface area contributed by atoms with E-state index < -0.39 is 0 Å². The molecule has 0 radical (unpaired) electrons. The van der Waals surface area contributed by atoms with Crippen molar-refractivity contribution in [2.45, 2.75) is 26.1 Å². The van der Waals surface area contributed by atoms with Gasteiger partial charge in [-0.15, -0.1) is 0 Å². The Hall–Kier alpha value is -1.53. The van der Waals surface area contributed by atoms with E-state index in [4.69, 9.17) is 9.47 Å². The van der Waals surface area contributed by atoms with E-state index in [1.165, 1.54) is 17.2 Å². The van der Waals surface area contributed by atoms with E-state index in [-0.39, 0.29) is 5.66 Å². The SMILES string of the molecule is COc1cccc(CN2C=C(N3CCSCC3)CNC2(C)C)c1OC. The zero-order chi connectivity index (χ0) is 17.9. The standard InChI is InChI=1S/C19H29N3O2S/c1-19(2)20-12-16(21-8-10-25-11-9-21)14-22(19)13-15-6-5-7-17(23-3)18(15)24-4/h5-7,14,20H,8-13H2,1-4H3. The lowest BCUT2D eigenvalue weighted by Crippen LogP contribution is -2.57. The Balaban J connectivity index is 1.85. The first-order valence-electron chi connectivity index (χ1n) is 8.80. The monoisotopic (exact) mass is 363 g/mol. The van der Waals surface area contributed by atoms with Crippen LogP contribution in [-0.4, -0.2) is 60.8 Å². The molecule has 0 unspecified atom stereocenters. The number of para-hydroxylation sites is 1. The minimum Gasteiger partial charge on any atom is -0.493 e. The van der Waals surface area contributed by atoms with Crippen molar-refractivity contribution < 1.29 is 9.47 Å². The van der Waals surface area contributed by atoms with Crippen LogP contribution in [0.2, 0.25) is 0 Å². The molecule has 138 valence electrons. The van der Waals surface area contributed by atoms with E-state index in [0.717, 1.165) is 43.2 Å². The molecule has 0 aliphatic carbocycles. The zero-order valence-electron chi connectivity index (χ0n) is 15.7. The highest BCUT2D eigenvalue weighted by atomic mass is 32.2. The first-order valence-corrected chi connectivity index (χ1v) is 9.95. The van der Waals surface area contributed by atoms with E-state index in [0.29, 0.717) is 0 Å². The zero-order valence-corrected chi connectivity index (χ0v) is 16.5. The van der Waals surface area contributed by atoms with Gasteiger partial charge in [0, 0.05) is 55.1 Å². The molecule has 6 heteroatoms. The molecule has 0 spiro atoms. The number of thioether (sulfide) groups is 1. The molecule has 3 rings (SSSR count). The highest BCUT2D eigenvalue weighted by Gasteiger charge is 2.31. The maximum Gasteiger partial charge on any atom is 0.165 e. The largest absolute Gasteiger partial charge is 0.493 e. The Kier molecular flexibility index (Phi) is 5.69. The smallest absolute Gasteiger partial charge is 0.165 e. The molecule has 2 aliphatic heterocycles. The Morgan fingerprint density at radius 3 is 2.60 bits per heavy atom. The van der Waals surface area contributed by atoms with Crippen LogP contribution in [0.3, 0.4) is 0 Å². The predicted octanol–water partition coefficient (Wildman–Crippen LogP) is 2.74. The van der Waals surface area contributed by atoms with Crippen LogP contribution < -0.4 is 14.8 Å². The molecule has 25 heavy (non-hydrogen) atoms. The van der Waals surface area contributed by atoms with Crippen molar-refractivity contribution in [3.8, 4) is 11.5 Å². The third-order valence-corrected chi connectivity index (χ3v) is 5.91. The van der Waals surface area contributed by atoms with Crippen LogP contribution in [0.1, 0.15) is 19.4 Å². The number of nitrogens with one attached hydrogen (secondary N) is 1. The summed E-state index contributed by atoms with van der Waals surface area (Å²) in [6.07, 6.45) is 2.32. The second kappa shape index (κ2) is 7.79. The summed E-state index contributed by atoms with van der Waals surface area (Å²) < 4.78 is 11.1. The van der Waals surface area contributed by atoms with Crippen LogP contribution in [0.15, 0.2) is 30.1 Å². The minimum absolute atomic E-state index is 0.109. The lowest BCUT2D eigenvalue weighted by Gasteiger charge is -2.45. The molecule has 5 nitrogen and oxygen atoms in total. The van der Waals surface area contributed by atoms with Crippen molar-refractivity contribution in [2.75, 3.05) is 45.4 Å². The molecule has 0 aromatic heterocycles. The Bertz CT molecular complexity index is 627. The number of hydrogen-bond donors (Lipinski definition) is 1. The highest BCUT2D eigenvalue weighted by Crippen LogP contribution is 2.33. The molecule has 1 aromatic carbocycles. The number of benzene rings is 1. The van der Waals surface area contributed by atoms with Crippen molar-refractivity contribution in [2.24, 2.45) is 0 Å². The van der Waals surface area contributed by atoms with Crippen molar-refractivity contribution in [3.05, 3.63) is 35.7 Å². The summed E-state index contributed by atoms with van der Waals surface area (Å²) in [5, 5.41) is 3.68. The summed E-state index contributed by atoms with van der Waals surface area (Å²) in [4.78, 5) is 4.87. The van der Waals surface area contributed by atoms with Gasteiger partial charge in [0.25, 0.3) is 0 Å². The maximum absolute atomic E-state index is 5.61. The van der Waals surface area contributed by atoms with Gasteiger partial charge in [-0.05, 0) is 19.9 Å². The molecule has 0 amide bonds. The van der Waals surface area contributed by atoms with Crippen LogP contribution in [0.5, 0.6) is 11.5 Å². The van der Waals surface area contributed by atoms with Gasteiger partial charge < -0.3 is 19.3 Å². The van der Waals surface area contributed by atoms with Crippen LogP contribution in [0.4, 0.5) is 0 Å². The van der Waals surface area contributed by atoms with Crippen molar-refractivity contribution >= 4 is 11.8 Å². The van der Waals surface area contributed by atoms with Crippen molar-refractivity contribution in [1.29, 1.82) is 0 Å². The molecule has 1 fully saturated rings. The minimum atomic E-state index is -0.109. The normalized spacial score (nSPS) is 20.2. The van der Waals surface area contributed by atoms with Crippen molar-refractivity contribution in [1.82, 2.24) is 15.1 Å². The number of nitrogens with zero attached hydrogens (tertiary/aromatic N) is 2. The molecular weight excluding hydrogens is 334 g/mol. The molecule has 2 aliphatic rings. The Morgan fingerprint density at radius 2 is 1.92 bits per heavy atom. The molecule has 1 saturated heterocycles. The number of methoxy groups -OCH3 is 2. The molecule has 1 N–H and O–H groups in total. The molecular formula is C19H29N3O2S. The average Bonchev–Trinajstić information content (AvgIpc) is 2.63. The molecule has 0 saturated carbocycles. The second-order valence-corrected chi connectivity index (χ2v) is 8.14. The van der Waals surface area contributed by atoms with Crippen LogP contribution in [0.25, 0.3) is 0 Å².